The number of hydrogen-bond donors (Lipinski definition) is 1. The molecule has 0 aliphatic heterocycles. The first-order valence-corrected chi connectivity index (χ1v) is 6.74. The summed E-state index contributed by atoms with van der Waals surface area (Å²) in [6, 6.07) is 3.32. The largest absolute Gasteiger partial charge is 0.389 e. The van der Waals surface area contributed by atoms with Gasteiger partial charge in [0.15, 0.2) is 0 Å². The molecule has 102 valence electrons. The Morgan fingerprint density at radius 2 is 1.78 bits per heavy atom. The third-order valence-corrected chi connectivity index (χ3v) is 3.09. The molecule has 0 fully saturated rings. The Kier molecular flexibility index (Phi) is 5.60. The van der Waals surface area contributed by atoms with Crippen molar-refractivity contribution in [3.63, 3.8) is 0 Å². The van der Waals surface area contributed by atoms with Crippen LogP contribution in [-0.2, 0) is 0 Å². The number of aliphatic hydroxyl groups is 1. The summed E-state index contributed by atoms with van der Waals surface area (Å²) in [5.74, 6) is -0.248. The fourth-order valence-corrected chi connectivity index (χ4v) is 2.18. The van der Waals surface area contributed by atoms with Crippen molar-refractivity contribution >= 4 is 5.69 Å². The number of aryl methyl sites for hydroxylation is 1. The molecule has 1 aromatic rings. The highest BCUT2D eigenvalue weighted by atomic mass is 19.1. The molecule has 3 heteroatoms. The van der Waals surface area contributed by atoms with Gasteiger partial charge in [-0.05, 0) is 44.4 Å². The Morgan fingerprint density at radius 1 is 1.22 bits per heavy atom. The van der Waals surface area contributed by atoms with Gasteiger partial charge < -0.3 is 10.0 Å². The first-order chi connectivity index (χ1) is 8.51. The van der Waals surface area contributed by atoms with E-state index in [4.69, 9.17) is 0 Å². The summed E-state index contributed by atoms with van der Waals surface area (Å²) < 4.78 is 13.6. The van der Waals surface area contributed by atoms with Crippen molar-refractivity contribution in [3.05, 3.63) is 29.1 Å². The number of anilines is 1. The van der Waals surface area contributed by atoms with Gasteiger partial charge in [-0.25, -0.2) is 4.39 Å². The van der Waals surface area contributed by atoms with Crippen molar-refractivity contribution in [2.24, 2.45) is 0 Å². The molecule has 0 amide bonds. The minimum Gasteiger partial charge on any atom is -0.389 e. The number of benzene rings is 1. The van der Waals surface area contributed by atoms with Crippen LogP contribution in [0.2, 0.25) is 0 Å². The fourth-order valence-electron chi connectivity index (χ4n) is 2.18. The predicted molar refractivity (Wildman–Crippen MR) is 74.6 cm³/mol. The van der Waals surface area contributed by atoms with Gasteiger partial charge in [-0.3, -0.25) is 0 Å². The predicted octanol–water partition coefficient (Wildman–Crippen LogP) is 3.81. The SMILES string of the molecule is CCCN(CCC)c1cc(C)c(F)cc1[C@H](C)O. The fraction of sp³-hybridized carbons (Fsp3) is 0.600. The first-order valence-electron chi connectivity index (χ1n) is 6.74. The van der Waals surface area contributed by atoms with Gasteiger partial charge in [-0.15, -0.1) is 0 Å². The second-order valence-corrected chi connectivity index (χ2v) is 4.82. The number of halogens is 1. The van der Waals surface area contributed by atoms with E-state index in [0.29, 0.717) is 11.1 Å². The van der Waals surface area contributed by atoms with Gasteiger partial charge in [-0.1, -0.05) is 13.8 Å². The van der Waals surface area contributed by atoms with Gasteiger partial charge in [0.25, 0.3) is 0 Å². The maximum absolute atomic E-state index is 13.6. The van der Waals surface area contributed by atoms with E-state index in [9.17, 15) is 9.50 Å². The Hall–Kier alpha value is -1.09. The molecule has 1 atom stereocenters. The van der Waals surface area contributed by atoms with Crippen molar-refractivity contribution in [1.29, 1.82) is 0 Å². The van der Waals surface area contributed by atoms with Gasteiger partial charge in [-0.2, -0.15) is 0 Å². The van der Waals surface area contributed by atoms with E-state index in [-0.39, 0.29) is 5.82 Å². The van der Waals surface area contributed by atoms with Crippen molar-refractivity contribution in [3.8, 4) is 0 Å². The van der Waals surface area contributed by atoms with Crippen molar-refractivity contribution in [2.75, 3.05) is 18.0 Å². The van der Waals surface area contributed by atoms with E-state index in [1.165, 1.54) is 6.07 Å². The quantitative estimate of drug-likeness (QED) is 0.833. The molecule has 0 aliphatic carbocycles. The van der Waals surface area contributed by atoms with E-state index in [1.807, 2.05) is 6.07 Å². The monoisotopic (exact) mass is 253 g/mol. The molecule has 1 rings (SSSR count). The topological polar surface area (TPSA) is 23.5 Å². The highest BCUT2D eigenvalue weighted by Gasteiger charge is 2.16. The first kappa shape index (κ1) is 15.0. The second-order valence-electron chi connectivity index (χ2n) is 4.82. The van der Waals surface area contributed by atoms with E-state index >= 15 is 0 Å². The number of aliphatic hydroxyl groups excluding tert-OH is 1. The van der Waals surface area contributed by atoms with Gasteiger partial charge in [0.2, 0.25) is 0 Å². The zero-order chi connectivity index (χ0) is 13.7. The third-order valence-electron chi connectivity index (χ3n) is 3.09. The molecule has 0 saturated carbocycles. The number of nitrogens with zero attached hydrogens (tertiary/aromatic N) is 1. The van der Waals surface area contributed by atoms with E-state index < -0.39 is 6.10 Å². The van der Waals surface area contributed by atoms with E-state index in [0.717, 1.165) is 31.6 Å². The molecule has 2 nitrogen and oxygen atoms in total. The molecular formula is C15H24FNO. The molecule has 18 heavy (non-hydrogen) atoms. The summed E-state index contributed by atoms with van der Waals surface area (Å²) >= 11 is 0. The molecule has 0 aromatic heterocycles. The van der Waals surface area contributed by atoms with E-state index in [2.05, 4.69) is 18.7 Å². The highest BCUT2D eigenvalue weighted by Crippen LogP contribution is 2.29. The minimum atomic E-state index is -0.647. The zero-order valence-corrected chi connectivity index (χ0v) is 11.8. The lowest BCUT2D eigenvalue weighted by Crippen LogP contribution is -2.26. The van der Waals surface area contributed by atoms with Crippen LogP contribution in [0, 0.1) is 12.7 Å². The normalized spacial score (nSPS) is 12.6. The molecule has 1 N–H and O–H groups in total. The Balaban J connectivity index is 3.21. The number of rotatable bonds is 6. The van der Waals surface area contributed by atoms with Crippen LogP contribution in [-0.4, -0.2) is 18.2 Å². The standard InChI is InChI=1S/C15H24FNO/c1-5-7-17(8-6-2)15-9-11(3)14(16)10-13(15)12(4)18/h9-10,12,18H,5-8H2,1-4H3/t12-/m0/s1. The van der Waals surface area contributed by atoms with Crippen LogP contribution >= 0.6 is 0 Å². The molecule has 0 bridgehead atoms. The van der Waals surface area contributed by atoms with Crippen molar-refractivity contribution in [2.45, 2.75) is 46.6 Å². The molecule has 0 spiro atoms. The van der Waals surface area contributed by atoms with Crippen LogP contribution in [0.1, 0.15) is 50.8 Å². The van der Waals surface area contributed by atoms with Crippen LogP contribution in [0.15, 0.2) is 12.1 Å². The molecule has 0 unspecified atom stereocenters. The van der Waals surface area contributed by atoms with Crippen LogP contribution < -0.4 is 4.90 Å². The van der Waals surface area contributed by atoms with Gasteiger partial charge in [0.05, 0.1) is 6.10 Å². The molecule has 0 heterocycles. The molecule has 0 radical (unpaired) electrons. The molecular weight excluding hydrogens is 229 g/mol. The Labute approximate surface area is 109 Å². The van der Waals surface area contributed by atoms with Gasteiger partial charge in [0, 0.05) is 24.3 Å². The zero-order valence-electron chi connectivity index (χ0n) is 11.8. The lowest BCUT2D eigenvalue weighted by molar-refractivity contribution is 0.199. The average molecular weight is 253 g/mol. The van der Waals surface area contributed by atoms with Gasteiger partial charge >= 0.3 is 0 Å². The summed E-state index contributed by atoms with van der Waals surface area (Å²) in [6.45, 7) is 9.56. The maximum Gasteiger partial charge on any atom is 0.126 e. The number of hydrogen-bond acceptors (Lipinski definition) is 2. The molecule has 0 saturated heterocycles. The minimum absolute atomic E-state index is 0.248. The maximum atomic E-state index is 13.6. The van der Waals surface area contributed by atoms with Crippen LogP contribution in [0.25, 0.3) is 0 Å². The Bertz CT molecular complexity index is 384. The lowest BCUT2D eigenvalue weighted by Gasteiger charge is -2.28. The summed E-state index contributed by atoms with van der Waals surface area (Å²) in [5.41, 5.74) is 2.28. The summed E-state index contributed by atoms with van der Waals surface area (Å²) in [5, 5.41) is 9.81. The van der Waals surface area contributed by atoms with Crippen LogP contribution in [0.3, 0.4) is 0 Å². The smallest absolute Gasteiger partial charge is 0.126 e. The molecule has 1 aromatic carbocycles. The van der Waals surface area contributed by atoms with E-state index in [1.54, 1.807) is 13.8 Å². The summed E-state index contributed by atoms with van der Waals surface area (Å²) in [7, 11) is 0. The second kappa shape index (κ2) is 6.74. The third kappa shape index (κ3) is 3.45. The van der Waals surface area contributed by atoms with Crippen molar-refractivity contribution in [1.82, 2.24) is 0 Å². The highest BCUT2D eigenvalue weighted by molar-refractivity contribution is 5.56. The van der Waals surface area contributed by atoms with Crippen LogP contribution in [0.4, 0.5) is 10.1 Å². The van der Waals surface area contributed by atoms with Gasteiger partial charge in [0.1, 0.15) is 5.82 Å². The summed E-state index contributed by atoms with van der Waals surface area (Å²) in [4.78, 5) is 2.23. The lowest BCUT2D eigenvalue weighted by atomic mass is 10.0. The van der Waals surface area contributed by atoms with Crippen molar-refractivity contribution < 1.29 is 9.50 Å². The van der Waals surface area contributed by atoms with Crippen LogP contribution in [0.5, 0.6) is 0 Å². The average Bonchev–Trinajstić information content (AvgIpc) is 2.31. The molecule has 0 aliphatic rings. The Morgan fingerprint density at radius 3 is 2.22 bits per heavy atom. The summed E-state index contributed by atoms with van der Waals surface area (Å²) in [6.07, 6.45) is 1.43.